The summed E-state index contributed by atoms with van der Waals surface area (Å²) >= 11 is 0. The maximum atomic E-state index is 4.76. The second-order valence-electron chi connectivity index (χ2n) is 5.68. The number of rotatable bonds is 1. The minimum absolute atomic E-state index is 0.576. The lowest BCUT2D eigenvalue weighted by molar-refractivity contribution is 0.486. The molecule has 2 aromatic rings. The lowest BCUT2D eigenvalue weighted by atomic mass is 10.1. The second-order valence-corrected chi connectivity index (χ2v) is 5.68. The van der Waals surface area contributed by atoms with E-state index in [1.165, 1.54) is 28.3 Å². The summed E-state index contributed by atoms with van der Waals surface area (Å²) in [7, 11) is 0. The summed E-state index contributed by atoms with van der Waals surface area (Å²) in [6.45, 7) is 4.17. The smallest absolute Gasteiger partial charge is 0.106 e. The normalized spacial score (nSPS) is 18.4. The maximum Gasteiger partial charge on any atom is 0.106 e. The molecular weight excluding hydrogens is 234 g/mol. The molecule has 3 nitrogen and oxygen atoms in total. The van der Waals surface area contributed by atoms with Gasteiger partial charge in [0.2, 0.25) is 0 Å². The van der Waals surface area contributed by atoms with Gasteiger partial charge in [-0.2, -0.15) is 0 Å². The van der Waals surface area contributed by atoms with Crippen LogP contribution in [0.1, 0.15) is 34.4 Å². The molecule has 0 atom stereocenters. The Labute approximate surface area is 113 Å². The highest BCUT2D eigenvalue weighted by atomic mass is 15.1. The third kappa shape index (κ3) is 1.72. The molecule has 0 saturated carbocycles. The van der Waals surface area contributed by atoms with E-state index in [9.17, 15) is 0 Å². The highest BCUT2D eigenvalue weighted by molar-refractivity contribution is 5.34. The van der Waals surface area contributed by atoms with E-state index in [2.05, 4.69) is 41.1 Å². The molecule has 3 heteroatoms. The van der Waals surface area contributed by atoms with Gasteiger partial charge in [-0.15, -0.1) is 0 Å². The van der Waals surface area contributed by atoms with Crippen molar-refractivity contribution in [2.24, 2.45) is 0 Å². The zero-order valence-corrected chi connectivity index (χ0v) is 11.3. The Bertz CT molecular complexity index is 602. The topological polar surface area (TPSA) is 29.9 Å². The minimum Gasteiger partial charge on any atom is -0.328 e. The van der Waals surface area contributed by atoms with Crippen molar-refractivity contribution in [1.29, 1.82) is 0 Å². The third-order valence-electron chi connectivity index (χ3n) is 4.49. The van der Waals surface area contributed by atoms with Crippen LogP contribution in [0.2, 0.25) is 0 Å². The van der Waals surface area contributed by atoms with Gasteiger partial charge in [-0.25, -0.2) is 4.98 Å². The van der Waals surface area contributed by atoms with Crippen LogP contribution in [0, 0.1) is 6.92 Å². The van der Waals surface area contributed by atoms with Crippen molar-refractivity contribution < 1.29 is 0 Å². The summed E-state index contributed by atoms with van der Waals surface area (Å²) in [6, 6.07) is 9.43. The van der Waals surface area contributed by atoms with Gasteiger partial charge < -0.3 is 9.88 Å². The Balaban J connectivity index is 1.73. The largest absolute Gasteiger partial charge is 0.328 e. The van der Waals surface area contributed by atoms with E-state index in [4.69, 9.17) is 4.98 Å². The SMILES string of the molecule is Cc1nc2c(n1C1Cc3ccccc3C1)CCNC2. The highest BCUT2D eigenvalue weighted by Gasteiger charge is 2.27. The van der Waals surface area contributed by atoms with Gasteiger partial charge in [-0.1, -0.05) is 24.3 Å². The van der Waals surface area contributed by atoms with Gasteiger partial charge in [0.25, 0.3) is 0 Å². The molecule has 1 aliphatic heterocycles. The van der Waals surface area contributed by atoms with Gasteiger partial charge in [-0.3, -0.25) is 0 Å². The Hall–Kier alpha value is -1.61. The van der Waals surface area contributed by atoms with Gasteiger partial charge in [-0.05, 0) is 30.9 Å². The first-order valence-electron chi connectivity index (χ1n) is 7.17. The molecule has 1 aromatic carbocycles. The zero-order chi connectivity index (χ0) is 12.8. The van der Waals surface area contributed by atoms with Crippen LogP contribution >= 0.6 is 0 Å². The van der Waals surface area contributed by atoms with Crippen LogP contribution in [0.15, 0.2) is 24.3 Å². The molecule has 0 saturated heterocycles. The van der Waals surface area contributed by atoms with E-state index < -0.39 is 0 Å². The fraction of sp³-hybridized carbons (Fsp3) is 0.438. The van der Waals surface area contributed by atoms with Crippen LogP contribution in [0.4, 0.5) is 0 Å². The summed E-state index contributed by atoms with van der Waals surface area (Å²) in [6.07, 6.45) is 3.43. The van der Waals surface area contributed by atoms with Crippen LogP contribution in [0.25, 0.3) is 0 Å². The molecule has 0 unspecified atom stereocenters. The molecular formula is C16H19N3. The van der Waals surface area contributed by atoms with Crippen molar-refractivity contribution in [3.8, 4) is 0 Å². The third-order valence-corrected chi connectivity index (χ3v) is 4.49. The number of imidazole rings is 1. The van der Waals surface area contributed by atoms with Crippen LogP contribution < -0.4 is 5.32 Å². The molecule has 98 valence electrons. The van der Waals surface area contributed by atoms with Crippen molar-refractivity contribution in [2.45, 2.75) is 38.8 Å². The number of hydrogen-bond acceptors (Lipinski definition) is 2. The lowest BCUT2D eigenvalue weighted by Crippen LogP contribution is -2.26. The minimum atomic E-state index is 0.576. The van der Waals surface area contributed by atoms with E-state index in [0.29, 0.717) is 6.04 Å². The van der Waals surface area contributed by atoms with Crippen molar-refractivity contribution in [2.75, 3.05) is 6.54 Å². The van der Waals surface area contributed by atoms with Gasteiger partial charge in [0.1, 0.15) is 5.82 Å². The molecule has 1 N–H and O–H groups in total. The Morgan fingerprint density at radius 1 is 1.21 bits per heavy atom. The fourth-order valence-corrected chi connectivity index (χ4v) is 3.67. The molecule has 4 rings (SSSR count). The molecule has 0 radical (unpaired) electrons. The van der Waals surface area contributed by atoms with Crippen LogP contribution in [0.3, 0.4) is 0 Å². The Morgan fingerprint density at radius 2 is 1.95 bits per heavy atom. The molecule has 2 heterocycles. The van der Waals surface area contributed by atoms with Gasteiger partial charge in [0.05, 0.1) is 5.69 Å². The van der Waals surface area contributed by atoms with Gasteiger partial charge in [0, 0.05) is 31.2 Å². The molecule has 2 aliphatic rings. The zero-order valence-electron chi connectivity index (χ0n) is 11.3. The van der Waals surface area contributed by atoms with E-state index in [1.807, 2.05) is 0 Å². The monoisotopic (exact) mass is 253 g/mol. The Morgan fingerprint density at radius 3 is 2.68 bits per heavy atom. The highest BCUT2D eigenvalue weighted by Crippen LogP contribution is 2.33. The van der Waals surface area contributed by atoms with Crippen molar-refractivity contribution >= 4 is 0 Å². The average molecular weight is 253 g/mol. The summed E-state index contributed by atoms with van der Waals surface area (Å²) in [5.41, 5.74) is 5.76. The van der Waals surface area contributed by atoms with Gasteiger partial charge >= 0.3 is 0 Å². The summed E-state index contributed by atoms with van der Waals surface area (Å²) in [5, 5.41) is 3.41. The molecule has 0 fully saturated rings. The van der Waals surface area contributed by atoms with E-state index >= 15 is 0 Å². The summed E-state index contributed by atoms with van der Waals surface area (Å²) < 4.78 is 2.51. The van der Waals surface area contributed by atoms with E-state index in [1.54, 1.807) is 0 Å². The predicted molar refractivity (Wildman–Crippen MR) is 75.3 cm³/mol. The predicted octanol–water partition coefficient (Wildman–Crippen LogP) is 2.18. The number of aryl methyl sites for hydroxylation is 1. The molecule has 1 aliphatic carbocycles. The van der Waals surface area contributed by atoms with Crippen LogP contribution in [-0.2, 0) is 25.8 Å². The van der Waals surface area contributed by atoms with Crippen molar-refractivity contribution in [1.82, 2.24) is 14.9 Å². The van der Waals surface area contributed by atoms with Crippen molar-refractivity contribution in [3.05, 3.63) is 52.6 Å². The number of nitrogens with zero attached hydrogens (tertiary/aromatic N) is 2. The average Bonchev–Trinajstić information content (AvgIpc) is 2.97. The molecule has 0 amide bonds. The molecule has 1 aromatic heterocycles. The molecule has 0 bridgehead atoms. The number of benzene rings is 1. The second kappa shape index (κ2) is 4.20. The quantitative estimate of drug-likeness (QED) is 0.844. The maximum absolute atomic E-state index is 4.76. The fourth-order valence-electron chi connectivity index (χ4n) is 3.67. The van der Waals surface area contributed by atoms with E-state index in [-0.39, 0.29) is 0 Å². The summed E-state index contributed by atoms with van der Waals surface area (Å²) in [5.74, 6) is 1.19. The Kier molecular flexibility index (Phi) is 2.49. The number of hydrogen-bond donors (Lipinski definition) is 1. The lowest BCUT2D eigenvalue weighted by Gasteiger charge is -2.20. The standard InChI is InChI=1S/C16H19N3/c1-11-18-15-10-17-7-6-16(15)19(11)14-8-12-4-2-3-5-13(12)9-14/h2-5,14,17H,6-10H2,1H3. The number of fused-ring (bicyclic) bond motifs is 2. The number of nitrogens with one attached hydrogen (secondary N) is 1. The van der Waals surface area contributed by atoms with Crippen LogP contribution in [0.5, 0.6) is 0 Å². The molecule has 19 heavy (non-hydrogen) atoms. The van der Waals surface area contributed by atoms with Crippen molar-refractivity contribution in [3.63, 3.8) is 0 Å². The van der Waals surface area contributed by atoms with Gasteiger partial charge in [0.15, 0.2) is 0 Å². The first-order valence-corrected chi connectivity index (χ1v) is 7.17. The van der Waals surface area contributed by atoms with E-state index in [0.717, 1.165) is 32.4 Å². The first-order chi connectivity index (χ1) is 9.33. The van der Waals surface area contributed by atoms with Crippen LogP contribution in [-0.4, -0.2) is 16.1 Å². The summed E-state index contributed by atoms with van der Waals surface area (Å²) in [4.78, 5) is 4.76. The molecule has 0 spiro atoms. The number of aromatic nitrogens is 2. The first kappa shape index (κ1) is 11.2.